The van der Waals surface area contributed by atoms with Gasteiger partial charge in [0.25, 0.3) is 0 Å². The average molecular weight is 287 g/mol. The Bertz CT molecular complexity index is 451. The van der Waals surface area contributed by atoms with E-state index in [-0.39, 0.29) is 5.41 Å². The van der Waals surface area contributed by atoms with Crippen LogP contribution >= 0.6 is 0 Å². The average Bonchev–Trinajstić information content (AvgIpc) is 2.56. The molecule has 0 radical (unpaired) electrons. The molecule has 1 unspecified atom stereocenters. The summed E-state index contributed by atoms with van der Waals surface area (Å²) in [5, 5.41) is 13.5. The van der Waals surface area contributed by atoms with E-state index < -0.39 is 0 Å². The highest BCUT2D eigenvalue weighted by molar-refractivity contribution is 5.32. The number of hydrogen-bond donors (Lipinski definition) is 2. The van der Waals surface area contributed by atoms with Crippen LogP contribution in [0.15, 0.2) is 24.3 Å². The first-order valence-corrected chi connectivity index (χ1v) is 8.72. The van der Waals surface area contributed by atoms with Crippen LogP contribution in [0.2, 0.25) is 0 Å². The van der Waals surface area contributed by atoms with Crippen LogP contribution in [0.5, 0.6) is 0 Å². The molecule has 3 rings (SSSR count). The highest BCUT2D eigenvalue weighted by atomic mass is 16.3. The molecule has 1 atom stereocenters. The first-order chi connectivity index (χ1) is 10.3. The molecule has 116 valence electrons. The van der Waals surface area contributed by atoms with Gasteiger partial charge >= 0.3 is 0 Å². The number of nitrogens with one attached hydrogen (secondary N) is 1. The number of hydrogen-bond acceptors (Lipinski definition) is 2. The minimum absolute atomic E-state index is 0.159. The first-order valence-electron chi connectivity index (χ1n) is 8.72. The number of fused-ring (bicyclic) bond motifs is 1. The second kappa shape index (κ2) is 6.93. The lowest BCUT2D eigenvalue weighted by atomic mass is 9.74. The van der Waals surface area contributed by atoms with Gasteiger partial charge in [0.1, 0.15) is 0 Å². The topological polar surface area (TPSA) is 32.3 Å². The Morgan fingerprint density at radius 1 is 1.10 bits per heavy atom. The lowest BCUT2D eigenvalue weighted by Gasteiger charge is -2.36. The fourth-order valence-corrected chi connectivity index (χ4v) is 4.27. The monoisotopic (exact) mass is 287 g/mol. The largest absolute Gasteiger partial charge is 0.396 e. The number of aryl methyl sites for hydroxylation is 1. The summed E-state index contributed by atoms with van der Waals surface area (Å²) in [7, 11) is 0. The van der Waals surface area contributed by atoms with Crippen molar-refractivity contribution in [3.8, 4) is 0 Å². The lowest BCUT2D eigenvalue weighted by molar-refractivity contribution is 0.0809. The Labute approximate surface area is 129 Å². The van der Waals surface area contributed by atoms with Gasteiger partial charge in [-0.1, -0.05) is 43.5 Å². The Morgan fingerprint density at radius 3 is 2.71 bits per heavy atom. The Morgan fingerprint density at radius 2 is 1.90 bits per heavy atom. The smallest absolute Gasteiger partial charge is 0.0499 e. The fraction of sp³-hybridized carbons (Fsp3) is 0.684. The van der Waals surface area contributed by atoms with E-state index in [4.69, 9.17) is 0 Å². The fourth-order valence-electron chi connectivity index (χ4n) is 4.27. The second-order valence-corrected chi connectivity index (χ2v) is 7.14. The van der Waals surface area contributed by atoms with Crippen LogP contribution in [0.1, 0.15) is 62.0 Å². The van der Waals surface area contributed by atoms with Gasteiger partial charge in [-0.3, -0.25) is 0 Å². The minimum atomic E-state index is 0.159. The zero-order chi connectivity index (χ0) is 14.5. The maximum absolute atomic E-state index is 9.80. The molecule has 2 aliphatic carbocycles. The first kappa shape index (κ1) is 15.1. The number of rotatable bonds is 5. The van der Waals surface area contributed by atoms with Crippen molar-refractivity contribution in [3.63, 3.8) is 0 Å². The quantitative estimate of drug-likeness (QED) is 0.866. The maximum atomic E-state index is 9.80. The summed E-state index contributed by atoms with van der Waals surface area (Å²) in [5.41, 5.74) is 3.26. The van der Waals surface area contributed by atoms with Crippen molar-refractivity contribution in [2.75, 3.05) is 19.7 Å². The van der Waals surface area contributed by atoms with Crippen molar-refractivity contribution in [1.82, 2.24) is 5.32 Å². The summed E-state index contributed by atoms with van der Waals surface area (Å²) in [6.07, 6.45) is 10.2. The molecular formula is C19H29NO. The molecule has 2 N–H and O–H groups in total. The second-order valence-electron chi connectivity index (χ2n) is 7.14. The van der Waals surface area contributed by atoms with E-state index in [1.807, 2.05) is 0 Å². The van der Waals surface area contributed by atoms with Gasteiger partial charge in [0.2, 0.25) is 0 Å². The minimum Gasteiger partial charge on any atom is -0.396 e. The van der Waals surface area contributed by atoms with Crippen LogP contribution in [0.25, 0.3) is 0 Å². The van der Waals surface area contributed by atoms with Crippen LogP contribution in [0, 0.1) is 5.41 Å². The Hall–Kier alpha value is -0.860. The maximum Gasteiger partial charge on any atom is 0.0499 e. The highest BCUT2D eigenvalue weighted by Gasteiger charge is 2.31. The lowest BCUT2D eigenvalue weighted by Crippen LogP contribution is -2.40. The van der Waals surface area contributed by atoms with Crippen molar-refractivity contribution in [1.29, 1.82) is 0 Å². The van der Waals surface area contributed by atoms with Crippen molar-refractivity contribution in [2.45, 2.75) is 57.3 Å². The molecule has 2 nitrogen and oxygen atoms in total. The highest BCUT2D eigenvalue weighted by Crippen LogP contribution is 2.36. The molecule has 0 aliphatic heterocycles. The van der Waals surface area contributed by atoms with Crippen LogP contribution in [-0.2, 0) is 6.42 Å². The van der Waals surface area contributed by atoms with Crippen LogP contribution in [0.3, 0.4) is 0 Å². The predicted molar refractivity (Wildman–Crippen MR) is 87.6 cm³/mol. The van der Waals surface area contributed by atoms with E-state index in [0.717, 1.165) is 13.1 Å². The normalized spacial score (nSPS) is 24.5. The third kappa shape index (κ3) is 3.49. The summed E-state index contributed by atoms with van der Waals surface area (Å²) in [6.45, 7) is 2.40. The van der Waals surface area contributed by atoms with Crippen molar-refractivity contribution in [2.24, 2.45) is 5.41 Å². The summed E-state index contributed by atoms with van der Waals surface area (Å²) in [6, 6.07) is 8.94. The molecule has 2 heteroatoms. The van der Waals surface area contributed by atoms with Gasteiger partial charge in [-0.2, -0.15) is 0 Å². The molecule has 0 aromatic heterocycles. The predicted octanol–water partition coefficient (Wildman–Crippen LogP) is 3.64. The van der Waals surface area contributed by atoms with Crippen LogP contribution in [0.4, 0.5) is 0 Å². The van der Waals surface area contributed by atoms with Crippen LogP contribution < -0.4 is 5.32 Å². The summed E-state index contributed by atoms with van der Waals surface area (Å²) < 4.78 is 0. The molecule has 1 saturated carbocycles. The van der Waals surface area contributed by atoms with Gasteiger partial charge in [-0.25, -0.2) is 0 Å². The summed E-state index contributed by atoms with van der Waals surface area (Å²) in [5.74, 6) is 0.661. The van der Waals surface area contributed by atoms with Gasteiger partial charge < -0.3 is 10.4 Å². The van der Waals surface area contributed by atoms with Gasteiger partial charge in [0.05, 0.1) is 0 Å². The standard InChI is InChI=1S/C19H29NO/c21-15-19(11-4-1-5-12-19)14-20-13-17-9-6-8-16-7-2-3-10-18(16)17/h2-3,7,10,17,20-21H,1,4-6,8-9,11-15H2. The molecule has 0 heterocycles. The van der Waals surface area contributed by atoms with E-state index in [2.05, 4.69) is 29.6 Å². The molecule has 1 fully saturated rings. The summed E-state index contributed by atoms with van der Waals surface area (Å²) >= 11 is 0. The zero-order valence-corrected chi connectivity index (χ0v) is 13.1. The number of aliphatic hydroxyl groups excluding tert-OH is 1. The van der Waals surface area contributed by atoms with E-state index in [1.165, 1.54) is 51.4 Å². The molecule has 1 aromatic rings. The molecule has 0 amide bonds. The Kier molecular flexibility index (Phi) is 4.97. The van der Waals surface area contributed by atoms with E-state index >= 15 is 0 Å². The molecule has 0 bridgehead atoms. The van der Waals surface area contributed by atoms with Gasteiger partial charge in [0, 0.05) is 25.1 Å². The van der Waals surface area contributed by atoms with E-state index in [9.17, 15) is 5.11 Å². The molecule has 0 saturated heterocycles. The number of benzene rings is 1. The molecule has 2 aliphatic rings. The van der Waals surface area contributed by atoms with Crippen molar-refractivity contribution < 1.29 is 5.11 Å². The van der Waals surface area contributed by atoms with Gasteiger partial charge in [-0.15, -0.1) is 0 Å². The van der Waals surface area contributed by atoms with E-state index in [1.54, 1.807) is 11.1 Å². The third-order valence-electron chi connectivity index (χ3n) is 5.63. The molecule has 1 aromatic carbocycles. The zero-order valence-electron chi connectivity index (χ0n) is 13.1. The van der Waals surface area contributed by atoms with Crippen LogP contribution in [-0.4, -0.2) is 24.8 Å². The molecular weight excluding hydrogens is 258 g/mol. The SMILES string of the molecule is OCC1(CNCC2CCCc3ccccc32)CCCCC1. The Balaban J connectivity index is 1.56. The van der Waals surface area contributed by atoms with Crippen molar-refractivity contribution in [3.05, 3.63) is 35.4 Å². The molecule has 0 spiro atoms. The van der Waals surface area contributed by atoms with Crippen molar-refractivity contribution >= 4 is 0 Å². The third-order valence-corrected chi connectivity index (χ3v) is 5.63. The number of aliphatic hydroxyl groups is 1. The van der Waals surface area contributed by atoms with Gasteiger partial charge in [0.15, 0.2) is 0 Å². The van der Waals surface area contributed by atoms with Gasteiger partial charge in [-0.05, 0) is 49.1 Å². The van der Waals surface area contributed by atoms with E-state index in [0.29, 0.717) is 12.5 Å². The molecule has 21 heavy (non-hydrogen) atoms. The summed E-state index contributed by atoms with van der Waals surface area (Å²) in [4.78, 5) is 0.